The van der Waals surface area contributed by atoms with E-state index >= 15 is 0 Å². The first-order chi connectivity index (χ1) is 7.74. The lowest BCUT2D eigenvalue weighted by molar-refractivity contribution is -0.130. The van der Waals surface area contributed by atoms with Crippen molar-refractivity contribution in [2.75, 3.05) is 32.7 Å². The van der Waals surface area contributed by atoms with E-state index in [1.807, 2.05) is 11.9 Å². The topological polar surface area (TPSA) is 29.5 Å². The number of hydrogen-bond donors (Lipinski definition) is 0. The third kappa shape index (κ3) is 5.17. The van der Waals surface area contributed by atoms with E-state index in [2.05, 4.69) is 0 Å². The fraction of sp³-hybridized carbons (Fsp3) is 0.917. The van der Waals surface area contributed by atoms with Crippen molar-refractivity contribution in [3.8, 4) is 0 Å². The summed E-state index contributed by atoms with van der Waals surface area (Å²) in [5, 5.41) is 0. The highest BCUT2D eigenvalue weighted by molar-refractivity contribution is 6.17. The Kier molecular flexibility index (Phi) is 6.81. The fourth-order valence-corrected chi connectivity index (χ4v) is 2.08. The van der Waals surface area contributed by atoms with Gasteiger partial charge in [-0.15, -0.1) is 11.6 Å². The zero-order chi connectivity index (χ0) is 11.8. The van der Waals surface area contributed by atoms with Gasteiger partial charge in [-0.3, -0.25) is 4.79 Å². The number of carbonyl (C=O) groups is 1. The average Bonchev–Trinajstić information content (AvgIpc) is 2.34. The van der Waals surface area contributed by atoms with Crippen molar-refractivity contribution in [2.24, 2.45) is 5.92 Å². The molecule has 4 heteroatoms. The standard InChI is InChI=1S/C12H22ClNO2/c1-14(12(15)3-2-7-13)8-4-11-5-9-16-10-6-11/h11H,2-10H2,1H3. The largest absolute Gasteiger partial charge is 0.381 e. The van der Waals surface area contributed by atoms with Crippen LogP contribution < -0.4 is 0 Å². The molecule has 0 bridgehead atoms. The Morgan fingerprint density at radius 3 is 2.75 bits per heavy atom. The van der Waals surface area contributed by atoms with Crippen molar-refractivity contribution in [3.05, 3.63) is 0 Å². The molecule has 1 rings (SSSR count). The summed E-state index contributed by atoms with van der Waals surface area (Å²) in [6.07, 6.45) is 4.75. The van der Waals surface area contributed by atoms with Crippen LogP contribution in [0, 0.1) is 5.92 Å². The Labute approximate surface area is 103 Å². The molecular weight excluding hydrogens is 226 g/mol. The molecule has 0 N–H and O–H groups in total. The van der Waals surface area contributed by atoms with Gasteiger partial charge in [-0.05, 0) is 31.6 Å². The molecule has 94 valence electrons. The van der Waals surface area contributed by atoms with Crippen molar-refractivity contribution < 1.29 is 9.53 Å². The molecule has 1 amide bonds. The van der Waals surface area contributed by atoms with Crippen molar-refractivity contribution in [1.29, 1.82) is 0 Å². The number of nitrogens with zero attached hydrogens (tertiary/aromatic N) is 1. The van der Waals surface area contributed by atoms with Crippen LogP contribution >= 0.6 is 11.6 Å². The van der Waals surface area contributed by atoms with E-state index in [0.717, 1.165) is 51.4 Å². The van der Waals surface area contributed by atoms with Gasteiger partial charge in [0, 0.05) is 39.1 Å². The zero-order valence-electron chi connectivity index (χ0n) is 10.1. The first kappa shape index (κ1) is 13.8. The van der Waals surface area contributed by atoms with Gasteiger partial charge in [0.1, 0.15) is 0 Å². The zero-order valence-corrected chi connectivity index (χ0v) is 10.8. The van der Waals surface area contributed by atoms with Crippen LogP contribution in [0.15, 0.2) is 0 Å². The predicted molar refractivity (Wildman–Crippen MR) is 65.8 cm³/mol. The number of amides is 1. The monoisotopic (exact) mass is 247 g/mol. The second kappa shape index (κ2) is 7.91. The van der Waals surface area contributed by atoms with Crippen LogP contribution in [0.25, 0.3) is 0 Å². The highest BCUT2D eigenvalue weighted by atomic mass is 35.5. The average molecular weight is 248 g/mol. The molecule has 1 aliphatic rings. The Morgan fingerprint density at radius 2 is 2.12 bits per heavy atom. The minimum atomic E-state index is 0.215. The molecule has 1 aliphatic heterocycles. The summed E-state index contributed by atoms with van der Waals surface area (Å²) >= 11 is 5.56. The maximum atomic E-state index is 11.6. The lowest BCUT2D eigenvalue weighted by Gasteiger charge is -2.24. The molecule has 3 nitrogen and oxygen atoms in total. The van der Waals surface area contributed by atoms with Crippen LogP contribution in [0.5, 0.6) is 0 Å². The Bertz CT molecular complexity index is 205. The summed E-state index contributed by atoms with van der Waals surface area (Å²) in [5.74, 6) is 1.52. The smallest absolute Gasteiger partial charge is 0.222 e. The van der Waals surface area contributed by atoms with Gasteiger partial charge in [0.05, 0.1) is 0 Å². The number of hydrogen-bond acceptors (Lipinski definition) is 2. The van der Waals surface area contributed by atoms with Crippen LogP contribution in [-0.2, 0) is 9.53 Å². The third-order valence-corrected chi connectivity index (χ3v) is 3.43. The van der Waals surface area contributed by atoms with Crippen molar-refractivity contribution in [1.82, 2.24) is 4.90 Å². The molecular formula is C12H22ClNO2. The van der Waals surface area contributed by atoms with Crippen LogP contribution in [-0.4, -0.2) is 43.5 Å². The van der Waals surface area contributed by atoms with E-state index in [1.54, 1.807) is 0 Å². The maximum Gasteiger partial charge on any atom is 0.222 e. The van der Waals surface area contributed by atoms with Crippen molar-refractivity contribution in [3.63, 3.8) is 0 Å². The van der Waals surface area contributed by atoms with Gasteiger partial charge < -0.3 is 9.64 Å². The van der Waals surface area contributed by atoms with Gasteiger partial charge in [-0.25, -0.2) is 0 Å². The summed E-state index contributed by atoms with van der Waals surface area (Å²) in [6, 6.07) is 0. The fourth-order valence-electron chi connectivity index (χ4n) is 1.94. The van der Waals surface area contributed by atoms with Crippen LogP contribution in [0.1, 0.15) is 32.1 Å². The molecule has 0 spiro atoms. The summed E-state index contributed by atoms with van der Waals surface area (Å²) in [7, 11) is 1.88. The Hall–Kier alpha value is -0.280. The Balaban J connectivity index is 2.12. The summed E-state index contributed by atoms with van der Waals surface area (Å²) < 4.78 is 5.31. The maximum absolute atomic E-state index is 11.6. The summed E-state index contributed by atoms with van der Waals surface area (Å²) in [5.41, 5.74) is 0. The SMILES string of the molecule is CN(CCC1CCOCC1)C(=O)CCCCl. The molecule has 0 unspecified atom stereocenters. The molecule has 0 radical (unpaired) electrons. The number of alkyl halides is 1. The normalized spacial score (nSPS) is 17.4. The molecule has 1 heterocycles. The van der Waals surface area contributed by atoms with Gasteiger partial charge >= 0.3 is 0 Å². The number of carbonyl (C=O) groups excluding carboxylic acids is 1. The van der Waals surface area contributed by atoms with Gasteiger partial charge in [0.25, 0.3) is 0 Å². The molecule has 0 aromatic rings. The van der Waals surface area contributed by atoms with E-state index in [0.29, 0.717) is 12.3 Å². The molecule has 0 aromatic heterocycles. The van der Waals surface area contributed by atoms with Crippen LogP contribution in [0.2, 0.25) is 0 Å². The van der Waals surface area contributed by atoms with Gasteiger partial charge in [-0.1, -0.05) is 0 Å². The molecule has 0 aromatic carbocycles. The van der Waals surface area contributed by atoms with Gasteiger partial charge in [0.15, 0.2) is 0 Å². The highest BCUT2D eigenvalue weighted by Gasteiger charge is 2.15. The van der Waals surface area contributed by atoms with Crippen LogP contribution in [0.3, 0.4) is 0 Å². The van der Waals surface area contributed by atoms with Gasteiger partial charge in [0.2, 0.25) is 5.91 Å². The molecule has 1 saturated heterocycles. The predicted octanol–water partition coefficient (Wildman–Crippen LogP) is 2.28. The van der Waals surface area contributed by atoms with E-state index in [9.17, 15) is 4.79 Å². The minimum absolute atomic E-state index is 0.215. The molecule has 16 heavy (non-hydrogen) atoms. The Morgan fingerprint density at radius 1 is 1.44 bits per heavy atom. The first-order valence-corrected chi connectivity index (χ1v) is 6.65. The lowest BCUT2D eigenvalue weighted by atomic mass is 9.96. The van der Waals surface area contributed by atoms with E-state index < -0.39 is 0 Å². The van der Waals surface area contributed by atoms with Gasteiger partial charge in [-0.2, -0.15) is 0 Å². The molecule has 1 fully saturated rings. The molecule has 0 saturated carbocycles. The molecule has 0 aliphatic carbocycles. The summed E-state index contributed by atoms with van der Waals surface area (Å²) in [6.45, 7) is 2.63. The van der Waals surface area contributed by atoms with Crippen molar-refractivity contribution in [2.45, 2.75) is 32.1 Å². The second-order valence-electron chi connectivity index (χ2n) is 4.45. The minimum Gasteiger partial charge on any atom is -0.381 e. The van der Waals surface area contributed by atoms with E-state index in [4.69, 9.17) is 16.3 Å². The highest BCUT2D eigenvalue weighted by Crippen LogP contribution is 2.18. The third-order valence-electron chi connectivity index (χ3n) is 3.16. The van der Waals surface area contributed by atoms with E-state index in [1.165, 1.54) is 0 Å². The molecule has 0 atom stereocenters. The number of halogens is 1. The first-order valence-electron chi connectivity index (χ1n) is 6.11. The summed E-state index contributed by atoms with van der Waals surface area (Å²) in [4.78, 5) is 13.5. The van der Waals surface area contributed by atoms with E-state index in [-0.39, 0.29) is 5.91 Å². The number of ether oxygens (including phenoxy) is 1. The second-order valence-corrected chi connectivity index (χ2v) is 4.83. The number of rotatable bonds is 6. The van der Waals surface area contributed by atoms with Crippen LogP contribution in [0.4, 0.5) is 0 Å². The lowest BCUT2D eigenvalue weighted by Crippen LogP contribution is -2.29. The van der Waals surface area contributed by atoms with Crippen molar-refractivity contribution >= 4 is 17.5 Å². The quantitative estimate of drug-likeness (QED) is 0.674.